The Bertz CT molecular complexity index is 677. The molecule has 0 aliphatic heterocycles. The molecule has 2 aromatic rings. The average Bonchev–Trinajstić information content (AvgIpc) is 2.86. The minimum absolute atomic E-state index is 0.139. The summed E-state index contributed by atoms with van der Waals surface area (Å²) in [6, 6.07) is 3.80. The summed E-state index contributed by atoms with van der Waals surface area (Å²) in [5.74, 6) is -0.355. The molecule has 1 aromatic heterocycles. The second-order valence-electron chi connectivity index (χ2n) is 4.87. The van der Waals surface area contributed by atoms with Crippen molar-refractivity contribution in [3.05, 3.63) is 45.1 Å². The van der Waals surface area contributed by atoms with Crippen LogP contribution in [-0.2, 0) is 11.3 Å². The first-order valence-electron chi connectivity index (χ1n) is 6.65. The third kappa shape index (κ3) is 4.18. The van der Waals surface area contributed by atoms with Crippen molar-refractivity contribution in [3.8, 4) is 5.75 Å². The van der Waals surface area contributed by atoms with Crippen LogP contribution in [0.5, 0.6) is 5.75 Å². The van der Waals surface area contributed by atoms with E-state index in [1.54, 1.807) is 36.4 Å². The van der Waals surface area contributed by atoms with Crippen LogP contribution in [0.15, 0.2) is 24.4 Å². The summed E-state index contributed by atoms with van der Waals surface area (Å²) in [6.07, 6.45) is 1.04. The molecule has 0 N–H and O–H groups in total. The monoisotopic (exact) mass is 342 g/mol. The zero-order valence-electron chi connectivity index (χ0n) is 12.5. The maximum absolute atomic E-state index is 13.0. The number of hydrogen-bond acceptors (Lipinski definition) is 4. The first-order valence-corrected chi connectivity index (χ1v) is 7.84. The second-order valence-corrected chi connectivity index (χ2v) is 6.60. The highest BCUT2D eigenvalue weighted by Gasteiger charge is 2.21. The van der Waals surface area contributed by atoms with E-state index in [-0.39, 0.29) is 16.7 Å². The zero-order valence-corrected chi connectivity index (χ0v) is 14.0. The highest BCUT2D eigenvalue weighted by molar-refractivity contribution is 7.11. The van der Waals surface area contributed by atoms with E-state index in [2.05, 4.69) is 4.98 Å². The molecule has 2 rings (SSSR count). The van der Waals surface area contributed by atoms with Crippen LogP contribution in [0.3, 0.4) is 0 Å². The highest BCUT2D eigenvalue weighted by Crippen LogP contribution is 2.26. The van der Waals surface area contributed by atoms with Crippen molar-refractivity contribution >= 4 is 28.8 Å². The Labute approximate surface area is 137 Å². The Kier molecular flexibility index (Phi) is 5.37. The SMILES string of the molecule is Cc1ncc(CN(C)C(=O)[C@H](C)Oc2ccc(F)cc2Cl)s1. The van der Waals surface area contributed by atoms with Crippen molar-refractivity contribution in [2.75, 3.05) is 7.05 Å². The van der Waals surface area contributed by atoms with E-state index in [1.807, 2.05) is 6.92 Å². The molecule has 22 heavy (non-hydrogen) atoms. The van der Waals surface area contributed by atoms with Gasteiger partial charge in [0.2, 0.25) is 0 Å². The van der Waals surface area contributed by atoms with Gasteiger partial charge in [0.25, 0.3) is 5.91 Å². The van der Waals surface area contributed by atoms with E-state index >= 15 is 0 Å². The van der Waals surface area contributed by atoms with Gasteiger partial charge in [-0.15, -0.1) is 11.3 Å². The summed E-state index contributed by atoms with van der Waals surface area (Å²) in [5.41, 5.74) is 0. The van der Waals surface area contributed by atoms with E-state index in [0.29, 0.717) is 6.54 Å². The Balaban J connectivity index is 1.98. The lowest BCUT2D eigenvalue weighted by atomic mass is 10.3. The van der Waals surface area contributed by atoms with Crippen LogP contribution in [0.1, 0.15) is 16.8 Å². The van der Waals surface area contributed by atoms with Crippen LogP contribution in [0.25, 0.3) is 0 Å². The molecule has 118 valence electrons. The van der Waals surface area contributed by atoms with E-state index in [9.17, 15) is 9.18 Å². The fourth-order valence-electron chi connectivity index (χ4n) is 1.91. The lowest BCUT2D eigenvalue weighted by Crippen LogP contribution is -2.37. The number of benzene rings is 1. The van der Waals surface area contributed by atoms with Crippen molar-refractivity contribution in [1.82, 2.24) is 9.88 Å². The Morgan fingerprint density at radius 1 is 1.55 bits per heavy atom. The number of carbonyl (C=O) groups is 1. The van der Waals surface area contributed by atoms with Gasteiger partial charge in [-0.3, -0.25) is 4.79 Å². The number of thiazole rings is 1. The Morgan fingerprint density at radius 3 is 2.86 bits per heavy atom. The molecule has 0 saturated carbocycles. The van der Waals surface area contributed by atoms with Gasteiger partial charge >= 0.3 is 0 Å². The topological polar surface area (TPSA) is 42.4 Å². The molecular formula is C15H16ClFN2O2S. The van der Waals surface area contributed by atoms with Gasteiger partial charge in [0.05, 0.1) is 16.6 Å². The zero-order chi connectivity index (χ0) is 16.3. The Morgan fingerprint density at radius 2 is 2.27 bits per heavy atom. The van der Waals surface area contributed by atoms with Crippen molar-refractivity contribution in [2.45, 2.75) is 26.5 Å². The number of halogens is 2. The summed E-state index contributed by atoms with van der Waals surface area (Å²) >= 11 is 7.44. The Hall–Kier alpha value is -1.66. The summed E-state index contributed by atoms with van der Waals surface area (Å²) < 4.78 is 18.5. The maximum Gasteiger partial charge on any atom is 0.263 e. The van der Waals surface area contributed by atoms with Crippen molar-refractivity contribution in [2.24, 2.45) is 0 Å². The van der Waals surface area contributed by atoms with Crippen molar-refractivity contribution in [1.29, 1.82) is 0 Å². The smallest absolute Gasteiger partial charge is 0.263 e. The van der Waals surface area contributed by atoms with Gasteiger partial charge in [-0.05, 0) is 32.0 Å². The molecule has 1 aromatic carbocycles. The first kappa shape index (κ1) is 16.7. The number of hydrogen-bond donors (Lipinski definition) is 0. The number of rotatable bonds is 5. The second kappa shape index (κ2) is 7.07. The van der Waals surface area contributed by atoms with Crippen molar-refractivity contribution in [3.63, 3.8) is 0 Å². The lowest BCUT2D eigenvalue weighted by Gasteiger charge is -2.22. The molecule has 0 spiro atoms. The van der Waals surface area contributed by atoms with Crippen LogP contribution in [0.4, 0.5) is 4.39 Å². The van der Waals surface area contributed by atoms with Gasteiger partial charge in [0, 0.05) is 18.1 Å². The number of amides is 1. The summed E-state index contributed by atoms with van der Waals surface area (Å²) in [6.45, 7) is 4.02. The average molecular weight is 343 g/mol. The third-order valence-electron chi connectivity index (χ3n) is 2.98. The van der Waals surface area contributed by atoms with E-state index < -0.39 is 11.9 Å². The van der Waals surface area contributed by atoms with Gasteiger partial charge in [-0.2, -0.15) is 0 Å². The molecule has 7 heteroatoms. The third-order valence-corrected chi connectivity index (χ3v) is 4.18. The van der Waals surface area contributed by atoms with Gasteiger partial charge in [0.15, 0.2) is 6.10 Å². The van der Waals surface area contributed by atoms with Crippen LogP contribution in [0, 0.1) is 12.7 Å². The minimum atomic E-state index is -0.720. The standard InChI is InChI=1S/C15H16ClFN2O2S/c1-9(21-14-5-4-11(17)6-13(14)16)15(20)19(3)8-12-7-18-10(2)22-12/h4-7,9H,8H2,1-3H3/t9-/m0/s1. The van der Waals surface area contributed by atoms with E-state index in [1.165, 1.54) is 12.1 Å². The van der Waals surface area contributed by atoms with Crippen LogP contribution in [0.2, 0.25) is 5.02 Å². The summed E-state index contributed by atoms with van der Waals surface area (Å²) in [7, 11) is 1.70. The molecule has 0 aliphatic rings. The van der Waals surface area contributed by atoms with E-state index in [4.69, 9.17) is 16.3 Å². The summed E-state index contributed by atoms with van der Waals surface area (Å²) in [4.78, 5) is 19.0. The fourth-order valence-corrected chi connectivity index (χ4v) is 2.97. The molecule has 1 heterocycles. The van der Waals surface area contributed by atoms with Gasteiger partial charge in [-0.25, -0.2) is 9.37 Å². The van der Waals surface area contributed by atoms with Crippen LogP contribution in [-0.4, -0.2) is 28.9 Å². The number of carbonyl (C=O) groups excluding carboxylic acids is 1. The molecule has 0 fully saturated rings. The number of nitrogens with zero attached hydrogens (tertiary/aromatic N) is 2. The first-order chi connectivity index (χ1) is 10.4. The molecule has 0 saturated heterocycles. The predicted molar refractivity (Wildman–Crippen MR) is 84.8 cm³/mol. The van der Waals surface area contributed by atoms with Crippen molar-refractivity contribution < 1.29 is 13.9 Å². The molecule has 0 bridgehead atoms. The largest absolute Gasteiger partial charge is 0.479 e. The van der Waals surface area contributed by atoms with Gasteiger partial charge in [-0.1, -0.05) is 11.6 Å². The molecular weight excluding hydrogens is 327 g/mol. The number of aryl methyl sites for hydroxylation is 1. The molecule has 0 unspecified atom stereocenters. The molecule has 0 aliphatic carbocycles. The van der Waals surface area contributed by atoms with Gasteiger partial charge < -0.3 is 9.64 Å². The lowest BCUT2D eigenvalue weighted by molar-refractivity contribution is -0.137. The number of ether oxygens (including phenoxy) is 1. The molecule has 4 nitrogen and oxygen atoms in total. The van der Waals surface area contributed by atoms with Crippen LogP contribution < -0.4 is 4.74 Å². The number of aromatic nitrogens is 1. The van der Waals surface area contributed by atoms with E-state index in [0.717, 1.165) is 16.0 Å². The maximum atomic E-state index is 13.0. The summed E-state index contributed by atoms with van der Waals surface area (Å²) in [5, 5.41) is 1.10. The van der Waals surface area contributed by atoms with Gasteiger partial charge in [0.1, 0.15) is 11.6 Å². The normalized spacial score (nSPS) is 12.0. The molecule has 1 amide bonds. The predicted octanol–water partition coefficient (Wildman–Crippen LogP) is 3.67. The highest BCUT2D eigenvalue weighted by atomic mass is 35.5. The quantitative estimate of drug-likeness (QED) is 0.832. The minimum Gasteiger partial charge on any atom is -0.479 e. The van der Waals surface area contributed by atoms with Crippen LogP contribution >= 0.6 is 22.9 Å². The molecule has 0 radical (unpaired) electrons. The number of likely N-dealkylation sites (N-methyl/N-ethyl adjacent to an activating group) is 1. The molecule has 1 atom stereocenters. The fraction of sp³-hybridized carbons (Fsp3) is 0.333.